The van der Waals surface area contributed by atoms with E-state index in [0.29, 0.717) is 13.0 Å². The SMILES string of the molecule is COc1ccc(N2CCN(C(=O)CCNc3cccc(NC(C)=O)c3)CC2)cc1. The molecule has 0 atom stereocenters. The predicted molar refractivity (Wildman–Crippen MR) is 116 cm³/mol. The summed E-state index contributed by atoms with van der Waals surface area (Å²) in [6, 6.07) is 15.5. The minimum atomic E-state index is -0.105. The molecule has 154 valence electrons. The van der Waals surface area contributed by atoms with Crippen molar-refractivity contribution in [1.29, 1.82) is 0 Å². The van der Waals surface area contributed by atoms with Crippen LogP contribution in [0.4, 0.5) is 17.1 Å². The number of hydrogen-bond acceptors (Lipinski definition) is 5. The number of hydrogen-bond donors (Lipinski definition) is 2. The summed E-state index contributed by atoms with van der Waals surface area (Å²) < 4.78 is 5.20. The first kappa shape index (κ1) is 20.5. The average molecular weight is 396 g/mol. The van der Waals surface area contributed by atoms with Gasteiger partial charge in [0.05, 0.1) is 7.11 Å². The predicted octanol–water partition coefficient (Wildman–Crippen LogP) is 2.80. The second-order valence-electron chi connectivity index (χ2n) is 7.00. The minimum absolute atomic E-state index is 0.105. The average Bonchev–Trinajstić information content (AvgIpc) is 2.74. The van der Waals surface area contributed by atoms with Crippen LogP contribution in [-0.2, 0) is 9.59 Å². The second kappa shape index (κ2) is 9.82. The Morgan fingerprint density at radius 1 is 1.00 bits per heavy atom. The number of piperazine rings is 1. The molecule has 1 aliphatic heterocycles. The molecule has 7 nitrogen and oxygen atoms in total. The van der Waals surface area contributed by atoms with E-state index in [4.69, 9.17) is 4.74 Å². The van der Waals surface area contributed by atoms with Crippen molar-refractivity contribution < 1.29 is 14.3 Å². The molecule has 1 heterocycles. The summed E-state index contributed by atoms with van der Waals surface area (Å²) in [5.74, 6) is 0.897. The highest BCUT2D eigenvalue weighted by Gasteiger charge is 2.21. The molecule has 2 N–H and O–H groups in total. The van der Waals surface area contributed by atoms with E-state index in [0.717, 1.165) is 49.0 Å². The third-order valence-corrected chi connectivity index (χ3v) is 4.92. The van der Waals surface area contributed by atoms with Gasteiger partial charge in [0.25, 0.3) is 0 Å². The molecule has 3 rings (SSSR count). The third kappa shape index (κ3) is 5.88. The third-order valence-electron chi connectivity index (χ3n) is 4.92. The summed E-state index contributed by atoms with van der Waals surface area (Å²) >= 11 is 0. The Hall–Kier alpha value is -3.22. The van der Waals surface area contributed by atoms with Gasteiger partial charge in [0.1, 0.15) is 5.75 Å². The van der Waals surface area contributed by atoms with E-state index in [1.807, 2.05) is 41.3 Å². The Labute approximate surface area is 171 Å². The number of nitrogens with zero attached hydrogens (tertiary/aromatic N) is 2. The molecule has 1 aliphatic rings. The van der Waals surface area contributed by atoms with Crippen molar-refractivity contribution in [2.24, 2.45) is 0 Å². The molecule has 2 aromatic carbocycles. The molecule has 29 heavy (non-hydrogen) atoms. The van der Waals surface area contributed by atoms with Crippen molar-refractivity contribution in [3.63, 3.8) is 0 Å². The molecule has 0 bridgehead atoms. The van der Waals surface area contributed by atoms with Crippen LogP contribution < -0.4 is 20.3 Å². The lowest BCUT2D eigenvalue weighted by Crippen LogP contribution is -2.49. The number of rotatable bonds is 7. The Balaban J connectivity index is 1.42. The number of carbonyl (C=O) groups is 2. The van der Waals surface area contributed by atoms with Crippen molar-refractivity contribution in [3.05, 3.63) is 48.5 Å². The Morgan fingerprint density at radius 2 is 1.69 bits per heavy atom. The lowest BCUT2D eigenvalue weighted by Gasteiger charge is -2.36. The van der Waals surface area contributed by atoms with Crippen LogP contribution in [0, 0.1) is 0 Å². The fourth-order valence-corrected chi connectivity index (χ4v) is 3.39. The molecule has 0 aromatic heterocycles. The van der Waals surface area contributed by atoms with Gasteiger partial charge in [0.15, 0.2) is 0 Å². The van der Waals surface area contributed by atoms with Gasteiger partial charge >= 0.3 is 0 Å². The summed E-state index contributed by atoms with van der Waals surface area (Å²) in [5, 5.41) is 6.01. The van der Waals surface area contributed by atoms with Gasteiger partial charge in [-0.2, -0.15) is 0 Å². The van der Waals surface area contributed by atoms with Crippen LogP contribution in [0.2, 0.25) is 0 Å². The number of carbonyl (C=O) groups excluding carboxylic acids is 2. The molecular weight excluding hydrogens is 368 g/mol. The number of anilines is 3. The number of nitrogens with one attached hydrogen (secondary N) is 2. The number of methoxy groups -OCH3 is 1. The fourth-order valence-electron chi connectivity index (χ4n) is 3.39. The largest absolute Gasteiger partial charge is 0.497 e. The molecular formula is C22H28N4O3. The number of ether oxygens (including phenoxy) is 1. The quantitative estimate of drug-likeness (QED) is 0.753. The topological polar surface area (TPSA) is 73.9 Å². The van der Waals surface area contributed by atoms with E-state index < -0.39 is 0 Å². The zero-order valence-corrected chi connectivity index (χ0v) is 17.0. The van der Waals surface area contributed by atoms with Crippen LogP contribution >= 0.6 is 0 Å². The molecule has 7 heteroatoms. The van der Waals surface area contributed by atoms with E-state index in [1.54, 1.807) is 7.11 Å². The molecule has 1 saturated heterocycles. The van der Waals surface area contributed by atoms with E-state index in [1.165, 1.54) is 6.92 Å². The molecule has 1 fully saturated rings. The highest BCUT2D eigenvalue weighted by atomic mass is 16.5. The first-order valence-electron chi connectivity index (χ1n) is 9.83. The van der Waals surface area contributed by atoms with Crippen LogP contribution in [0.15, 0.2) is 48.5 Å². The van der Waals surface area contributed by atoms with Crippen LogP contribution in [-0.4, -0.2) is 56.5 Å². The van der Waals surface area contributed by atoms with E-state index in [9.17, 15) is 9.59 Å². The first-order chi connectivity index (χ1) is 14.0. The lowest BCUT2D eigenvalue weighted by molar-refractivity contribution is -0.131. The molecule has 0 aliphatic carbocycles. The molecule has 0 radical (unpaired) electrons. The normalized spacial score (nSPS) is 13.7. The standard InChI is InChI=1S/C22H28N4O3/c1-17(27)24-19-5-3-4-18(16-19)23-11-10-22(28)26-14-12-25(13-15-26)20-6-8-21(29-2)9-7-20/h3-9,16,23H,10-15H2,1-2H3,(H,24,27). The van der Waals surface area contributed by atoms with Gasteiger partial charge in [-0.05, 0) is 42.5 Å². The van der Waals surface area contributed by atoms with Gasteiger partial charge in [-0.15, -0.1) is 0 Å². The Kier molecular flexibility index (Phi) is 6.94. The van der Waals surface area contributed by atoms with Crippen molar-refractivity contribution >= 4 is 28.9 Å². The zero-order chi connectivity index (χ0) is 20.6. The summed E-state index contributed by atoms with van der Waals surface area (Å²) in [6.45, 7) is 5.13. The summed E-state index contributed by atoms with van der Waals surface area (Å²) in [4.78, 5) is 27.9. The van der Waals surface area contributed by atoms with Crippen LogP contribution in [0.3, 0.4) is 0 Å². The maximum Gasteiger partial charge on any atom is 0.224 e. The summed E-state index contributed by atoms with van der Waals surface area (Å²) in [5.41, 5.74) is 2.77. The van der Waals surface area contributed by atoms with Crippen LogP contribution in [0.5, 0.6) is 5.75 Å². The van der Waals surface area contributed by atoms with E-state index >= 15 is 0 Å². The number of benzene rings is 2. The van der Waals surface area contributed by atoms with Crippen molar-refractivity contribution in [2.45, 2.75) is 13.3 Å². The maximum atomic E-state index is 12.5. The van der Waals surface area contributed by atoms with Crippen molar-refractivity contribution in [2.75, 3.05) is 55.4 Å². The van der Waals surface area contributed by atoms with Gasteiger partial charge < -0.3 is 25.2 Å². The van der Waals surface area contributed by atoms with E-state index in [-0.39, 0.29) is 11.8 Å². The zero-order valence-electron chi connectivity index (χ0n) is 17.0. The van der Waals surface area contributed by atoms with Crippen molar-refractivity contribution in [1.82, 2.24) is 4.90 Å². The van der Waals surface area contributed by atoms with Gasteiger partial charge in [0.2, 0.25) is 11.8 Å². The van der Waals surface area contributed by atoms with Crippen LogP contribution in [0.1, 0.15) is 13.3 Å². The molecule has 2 amide bonds. The smallest absolute Gasteiger partial charge is 0.224 e. The van der Waals surface area contributed by atoms with Crippen LogP contribution in [0.25, 0.3) is 0 Å². The monoisotopic (exact) mass is 396 g/mol. The molecule has 0 unspecified atom stereocenters. The second-order valence-corrected chi connectivity index (χ2v) is 7.00. The molecule has 0 saturated carbocycles. The van der Waals surface area contributed by atoms with Gasteiger partial charge in [-0.1, -0.05) is 6.07 Å². The summed E-state index contributed by atoms with van der Waals surface area (Å²) in [6.07, 6.45) is 0.437. The highest BCUT2D eigenvalue weighted by molar-refractivity contribution is 5.89. The van der Waals surface area contributed by atoms with Gasteiger partial charge in [-0.3, -0.25) is 9.59 Å². The van der Waals surface area contributed by atoms with Gasteiger partial charge in [0, 0.05) is 63.1 Å². The fraction of sp³-hybridized carbons (Fsp3) is 0.364. The lowest BCUT2D eigenvalue weighted by atomic mass is 10.2. The number of amides is 2. The Bertz CT molecular complexity index is 830. The molecule has 2 aromatic rings. The Morgan fingerprint density at radius 3 is 2.34 bits per heavy atom. The highest BCUT2D eigenvalue weighted by Crippen LogP contribution is 2.21. The van der Waals surface area contributed by atoms with Crippen molar-refractivity contribution in [3.8, 4) is 5.75 Å². The summed E-state index contributed by atoms with van der Waals surface area (Å²) in [7, 11) is 1.66. The molecule has 0 spiro atoms. The first-order valence-corrected chi connectivity index (χ1v) is 9.83. The van der Waals surface area contributed by atoms with E-state index in [2.05, 4.69) is 27.7 Å². The maximum absolute atomic E-state index is 12.5. The van der Waals surface area contributed by atoms with Gasteiger partial charge in [-0.25, -0.2) is 0 Å². The minimum Gasteiger partial charge on any atom is -0.497 e.